The zero-order valence-electron chi connectivity index (χ0n) is 12.6. The van der Waals surface area contributed by atoms with E-state index in [0.717, 1.165) is 15.7 Å². The second kappa shape index (κ2) is 6.45. The van der Waals surface area contributed by atoms with Gasteiger partial charge < -0.3 is 10.6 Å². The van der Waals surface area contributed by atoms with E-state index in [2.05, 4.69) is 36.5 Å². The SMILES string of the molecule is Cc1cc(Nc2nccc(NC3CCS(=O)(=O)C3)n2)ccc1Br. The molecule has 122 valence electrons. The number of sulfone groups is 1. The Morgan fingerprint density at radius 3 is 2.83 bits per heavy atom. The smallest absolute Gasteiger partial charge is 0.229 e. The minimum Gasteiger partial charge on any atom is -0.366 e. The first kappa shape index (κ1) is 16.2. The molecule has 2 aromatic rings. The maximum Gasteiger partial charge on any atom is 0.229 e. The number of hydrogen-bond donors (Lipinski definition) is 2. The summed E-state index contributed by atoms with van der Waals surface area (Å²) in [5.74, 6) is 1.49. The minimum atomic E-state index is -2.91. The summed E-state index contributed by atoms with van der Waals surface area (Å²) in [4.78, 5) is 8.59. The van der Waals surface area contributed by atoms with Crippen molar-refractivity contribution in [2.24, 2.45) is 0 Å². The topological polar surface area (TPSA) is 84.0 Å². The summed E-state index contributed by atoms with van der Waals surface area (Å²) >= 11 is 3.47. The molecule has 1 unspecified atom stereocenters. The van der Waals surface area contributed by atoms with Crippen molar-refractivity contribution in [1.82, 2.24) is 9.97 Å². The molecule has 0 amide bonds. The zero-order valence-corrected chi connectivity index (χ0v) is 15.0. The van der Waals surface area contributed by atoms with Gasteiger partial charge in [0.15, 0.2) is 9.84 Å². The first-order valence-corrected chi connectivity index (χ1v) is 9.86. The van der Waals surface area contributed by atoms with E-state index in [0.29, 0.717) is 18.2 Å². The zero-order chi connectivity index (χ0) is 16.4. The van der Waals surface area contributed by atoms with Crippen molar-refractivity contribution in [1.29, 1.82) is 0 Å². The molecule has 23 heavy (non-hydrogen) atoms. The highest BCUT2D eigenvalue weighted by atomic mass is 79.9. The second-order valence-electron chi connectivity index (χ2n) is 5.60. The minimum absolute atomic E-state index is 0.0855. The maximum absolute atomic E-state index is 11.5. The third-order valence-electron chi connectivity index (χ3n) is 3.65. The standard InChI is InChI=1S/C15H17BrN4O2S/c1-10-8-11(2-3-13(10)16)19-15-17-6-4-14(20-15)18-12-5-7-23(21,22)9-12/h2-4,6,8,12H,5,7,9H2,1H3,(H2,17,18,19,20). The van der Waals surface area contributed by atoms with E-state index in [9.17, 15) is 8.42 Å². The summed E-state index contributed by atoms with van der Waals surface area (Å²) in [6.07, 6.45) is 2.26. The highest BCUT2D eigenvalue weighted by Gasteiger charge is 2.27. The van der Waals surface area contributed by atoms with Crippen molar-refractivity contribution < 1.29 is 8.42 Å². The molecule has 6 nitrogen and oxygen atoms in total. The van der Waals surface area contributed by atoms with E-state index in [4.69, 9.17) is 0 Å². The van der Waals surface area contributed by atoms with Gasteiger partial charge in [-0.2, -0.15) is 4.98 Å². The quantitative estimate of drug-likeness (QED) is 0.826. The normalized spacial score (nSPS) is 19.5. The Hall–Kier alpha value is -1.67. The van der Waals surface area contributed by atoms with Crippen LogP contribution in [0.15, 0.2) is 34.9 Å². The van der Waals surface area contributed by atoms with Crippen LogP contribution >= 0.6 is 15.9 Å². The van der Waals surface area contributed by atoms with Crippen LogP contribution in [0, 0.1) is 6.92 Å². The Bertz CT molecular complexity index is 826. The van der Waals surface area contributed by atoms with Crippen LogP contribution in [0.1, 0.15) is 12.0 Å². The Labute approximate surface area is 143 Å². The van der Waals surface area contributed by atoms with Gasteiger partial charge in [-0.05, 0) is 43.2 Å². The Morgan fingerprint density at radius 2 is 2.13 bits per heavy atom. The fourth-order valence-electron chi connectivity index (χ4n) is 2.47. The molecule has 1 atom stereocenters. The Morgan fingerprint density at radius 1 is 1.30 bits per heavy atom. The van der Waals surface area contributed by atoms with Crippen molar-refractivity contribution in [2.45, 2.75) is 19.4 Å². The lowest BCUT2D eigenvalue weighted by Crippen LogP contribution is -2.21. The molecule has 0 spiro atoms. The van der Waals surface area contributed by atoms with E-state index >= 15 is 0 Å². The van der Waals surface area contributed by atoms with E-state index in [-0.39, 0.29) is 17.5 Å². The summed E-state index contributed by atoms with van der Waals surface area (Å²) in [5, 5.41) is 6.32. The third kappa shape index (κ3) is 4.20. The molecule has 8 heteroatoms. The van der Waals surface area contributed by atoms with Crippen LogP contribution in [0.3, 0.4) is 0 Å². The molecule has 1 aliphatic heterocycles. The molecule has 2 heterocycles. The van der Waals surface area contributed by atoms with Gasteiger partial charge in [-0.3, -0.25) is 0 Å². The van der Waals surface area contributed by atoms with Crippen LogP contribution in [0.25, 0.3) is 0 Å². The van der Waals surface area contributed by atoms with Gasteiger partial charge in [0.05, 0.1) is 11.5 Å². The van der Waals surface area contributed by atoms with Crippen molar-refractivity contribution >= 4 is 43.2 Å². The second-order valence-corrected chi connectivity index (χ2v) is 8.68. The molecule has 1 saturated heterocycles. The molecule has 0 bridgehead atoms. The lowest BCUT2D eigenvalue weighted by molar-refractivity contribution is 0.602. The van der Waals surface area contributed by atoms with Crippen LogP contribution in [-0.4, -0.2) is 35.9 Å². The summed E-state index contributed by atoms with van der Waals surface area (Å²) in [6.45, 7) is 2.01. The lowest BCUT2D eigenvalue weighted by Gasteiger charge is -2.12. The summed E-state index contributed by atoms with van der Waals surface area (Å²) in [6, 6.07) is 7.55. The molecular formula is C15H17BrN4O2S. The highest BCUT2D eigenvalue weighted by molar-refractivity contribution is 9.10. The van der Waals surface area contributed by atoms with Gasteiger partial charge >= 0.3 is 0 Å². The molecular weight excluding hydrogens is 380 g/mol. The van der Waals surface area contributed by atoms with Crippen LogP contribution in [0.5, 0.6) is 0 Å². The Balaban J connectivity index is 1.71. The van der Waals surface area contributed by atoms with E-state index < -0.39 is 9.84 Å². The van der Waals surface area contributed by atoms with Crippen LogP contribution in [-0.2, 0) is 9.84 Å². The van der Waals surface area contributed by atoms with Gasteiger partial charge in [0.25, 0.3) is 0 Å². The molecule has 0 saturated carbocycles. The molecule has 0 aliphatic carbocycles. The fraction of sp³-hybridized carbons (Fsp3) is 0.333. The third-order valence-corrected chi connectivity index (χ3v) is 6.31. The predicted octanol–water partition coefficient (Wildman–Crippen LogP) is 2.89. The number of aryl methyl sites for hydroxylation is 1. The van der Waals surface area contributed by atoms with Gasteiger partial charge in [-0.15, -0.1) is 0 Å². The number of nitrogens with one attached hydrogen (secondary N) is 2. The molecule has 1 fully saturated rings. The van der Waals surface area contributed by atoms with E-state index in [1.165, 1.54) is 0 Å². The van der Waals surface area contributed by atoms with Gasteiger partial charge in [0.2, 0.25) is 5.95 Å². The molecule has 1 aromatic heterocycles. The number of hydrogen-bond acceptors (Lipinski definition) is 6. The average Bonchev–Trinajstić information content (AvgIpc) is 2.82. The predicted molar refractivity (Wildman–Crippen MR) is 94.9 cm³/mol. The first-order valence-electron chi connectivity index (χ1n) is 7.24. The van der Waals surface area contributed by atoms with Crippen LogP contribution in [0.2, 0.25) is 0 Å². The average molecular weight is 397 g/mol. The first-order chi connectivity index (χ1) is 10.9. The summed E-state index contributed by atoms with van der Waals surface area (Å²) < 4.78 is 24.1. The molecule has 1 aromatic carbocycles. The highest BCUT2D eigenvalue weighted by Crippen LogP contribution is 2.22. The largest absolute Gasteiger partial charge is 0.366 e. The molecule has 3 rings (SSSR count). The van der Waals surface area contributed by atoms with Crippen molar-refractivity contribution in [3.8, 4) is 0 Å². The van der Waals surface area contributed by atoms with E-state index in [1.54, 1.807) is 12.3 Å². The number of rotatable bonds is 4. The summed E-state index contributed by atoms with van der Waals surface area (Å²) in [5.41, 5.74) is 2.01. The van der Waals surface area contributed by atoms with Crippen molar-refractivity contribution in [2.75, 3.05) is 22.1 Å². The monoisotopic (exact) mass is 396 g/mol. The van der Waals surface area contributed by atoms with Crippen LogP contribution in [0.4, 0.5) is 17.5 Å². The lowest BCUT2D eigenvalue weighted by atomic mass is 10.2. The fourth-order valence-corrected chi connectivity index (χ4v) is 4.39. The van der Waals surface area contributed by atoms with Gasteiger partial charge in [0, 0.05) is 22.4 Å². The number of anilines is 3. The number of halogens is 1. The summed E-state index contributed by atoms with van der Waals surface area (Å²) in [7, 11) is -2.91. The number of benzene rings is 1. The van der Waals surface area contributed by atoms with Crippen LogP contribution < -0.4 is 10.6 Å². The van der Waals surface area contributed by atoms with Gasteiger partial charge in [-0.1, -0.05) is 15.9 Å². The molecule has 2 N–H and O–H groups in total. The number of aromatic nitrogens is 2. The number of nitrogens with zero attached hydrogens (tertiary/aromatic N) is 2. The van der Waals surface area contributed by atoms with Crippen molar-refractivity contribution in [3.05, 3.63) is 40.5 Å². The molecule has 0 radical (unpaired) electrons. The molecule has 1 aliphatic rings. The Kier molecular flexibility index (Phi) is 4.54. The van der Waals surface area contributed by atoms with Gasteiger partial charge in [-0.25, -0.2) is 13.4 Å². The van der Waals surface area contributed by atoms with Crippen molar-refractivity contribution in [3.63, 3.8) is 0 Å². The maximum atomic E-state index is 11.5. The van der Waals surface area contributed by atoms with E-state index in [1.807, 2.05) is 25.1 Å². The van der Waals surface area contributed by atoms with Gasteiger partial charge in [0.1, 0.15) is 5.82 Å².